The molecule has 0 saturated heterocycles. The third kappa shape index (κ3) is 3.12. The molecule has 1 aliphatic rings. The number of aryl methyl sites for hydroxylation is 2. The first-order chi connectivity index (χ1) is 12.7. The number of rotatable bonds is 4. The summed E-state index contributed by atoms with van der Waals surface area (Å²) in [5.41, 5.74) is 5.77. The lowest BCUT2D eigenvalue weighted by atomic mass is 9.88. The minimum absolute atomic E-state index is 0.0485. The van der Waals surface area contributed by atoms with E-state index in [1.165, 1.54) is 16.8 Å². The number of carbonyl (C=O) groups is 1. The van der Waals surface area contributed by atoms with Crippen LogP contribution in [-0.2, 0) is 24.2 Å². The van der Waals surface area contributed by atoms with Crippen molar-refractivity contribution in [1.82, 2.24) is 14.3 Å². The predicted molar refractivity (Wildman–Crippen MR) is 103 cm³/mol. The lowest BCUT2D eigenvalue weighted by Crippen LogP contribution is -2.38. The Balaban J connectivity index is 1.55. The highest BCUT2D eigenvalue weighted by molar-refractivity contribution is 5.79. The van der Waals surface area contributed by atoms with Crippen LogP contribution in [0.1, 0.15) is 35.9 Å². The van der Waals surface area contributed by atoms with Gasteiger partial charge in [-0.2, -0.15) is 0 Å². The van der Waals surface area contributed by atoms with Crippen LogP contribution in [-0.4, -0.2) is 26.7 Å². The Labute approximate surface area is 154 Å². The zero-order chi connectivity index (χ0) is 18.1. The normalized spacial score (nSPS) is 16.5. The number of hydrogen-bond acceptors (Lipinski definition) is 2. The van der Waals surface area contributed by atoms with Gasteiger partial charge in [0.15, 0.2) is 0 Å². The van der Waals surface area contributed by atoms with Crippen LogP contribution in [0.4, 0.5) is 0 Å². The predicted octanol–water partition coefficient (Wildman–Crippen LogP) is 3.80. The number of benzene rings is 1. The van der Waals surface area contributed by atoms with Gasteiger partial charge in [0, 0.05) is 37.3 Å². The molecule has 0 aliphatic heterocycles. The molecule has 1 aliphatic carbocycles. The lowest BCUT2D eigenvalue weighted by Gasteiger charge is -2.28. The molecule has 4 heteroatoms. The molecule has 1 aromatic carbocycles. The van der Waals surface area contributed by atoms with E-state index in [0.29, 0.717) is 6.54 Å². The Morgan fingerprint density at radius 3 is 2.85 bits per heavy atom. The van der Waals surface area contributed by atoms with Crippen molar-refractivity contribution in [1.29, 1.82) is 0 Å². The molecule has 4 rings (SSSR count). The van der Waals surface area contributed by atoms with Gasteiger partial charge in [-0.15, -0.1) is 0 Å². The van der Waals surface area contributed by atoms with Crippen molar-refractivity contribution in [3.63, 3.8) is 0 Å². The van der Waals surface area contributed by atoms with E-state index < -0.39 is 0 Å². The number of carbonyl (C=O) groups excluding carboxylic acids is 1. The molecule has 1 atom stereocenters. The third-order valence-electron chi connectivity index (χ3n) is 5.39. The summed E-state index contributed by atoms with van der Waals surface area (Å²) in [7, 11) is 0. The second-order valence-corrected chi connectivity index (χ2v) is 7.22. The first kappa shape index (κ1) is 16.8. The number of nitrogens with zero attached hydrogens (tertiary/aromatic N) is 3. The number of aromatic nitrogens is 2. The van der Waals surface area contributed by atoms with Gasteiger partial charge >= 0.3 is 0 Å². The number of fused-ring (bicyclic) bond motifs is 3. The molecule has 26 heavy (non-hydrogen) atoms. The molecule has 0 spiro atoms. The van der Waals surface area contributed by atoms with Crippen molar-refractivity contribution in [2.75, 3.05) is 6.54 Å². The maximum Gasteiger partial charge on any atom is 0.226 e. The molecule has 2 aromatic heterocycles. The van der Waals surface area contributed by atoms with E-state index in [1.807, 2.05) is 23.1 Å². The summed E-state index contributed by atoms with van der Waals surface area (Å²) in [5.74, 6) is 0.316. The van der Waals surface area contributed by atoms with Crippen LogP contribution >= 0.6 is 0 Å². The number of imidazole rings is 1. The monoisotopic (exact) mass is 347 g/mol. The van der Waals surface area contributed by atoms with Crippen molar-refractivity contribution < 1.29 is 4.79 Å². The van der Waals surface area contributed by atoms with Crippen LogP contribution in [0.2, 0.25) is 0 Å². The average Bonchev–Trinajstić information content (AvgIpc) is 3.03. The maximum atomic E-state index is 13.2. The summed E-state index contributed by atoms with van der Waals surface area (Å²) >= 11 is 0. The molecule has 0 radical (unpaired) electrons. The second kappa shape index (κ2) is 6.94. The second-order valence-electron chi connectivity index (χ2n) is 7.22. The zero-order valence-electron chi connectivity index (χ0n) is 15.5. The van der Waals surface area contributed by atoms with Crippen LogP contribution in [0.5, 0.6) is 0 Å². The van der Waals surface area contributed by atoms with E-state index in [1.54, 1.807) is 0 Å². The summed E-state index contributed by atoms with van der Waals surface area (Å²) in [6.07, 6.45) is 4.64. The summed E-state index contributed by atoms with van der Waals surface area (Å²) in [6, 6.07) is 14.5. The van der Waals surface area contributed by atoms with Crippen LogP contribution < -0.4 is 0 Å². The summed E-state index contributed by atoms with van der Waals surface area (Å²) in [5, 5.41) is 0. The molecule has 4 nitrogen and oxygen atoms in total. The quantitative estimate of drug-likeness (QED) is 0.720. The fourth-order valence-corrected chi connectivity index (χ4v) is 3.93. The van der Waals surface area contributed by atoms with Gasteiger partial charge in [-0.25, -0.2) is 4.98 Å². The molecule has 2 heterocycles. The van der Waals surface area contributed by atoms with Gasteiger partial charge in [0.2, 0.25) is 5.91 Å². The smallest absolute Gasteiger partial charge is 0.226 e. The minimum atomic E-state index is 0.0485. The first-order valence-electron chi connectivity index (χ1n) is 9.45. The van der Waals surface area contributed by atoms with Crippen molar-refractivity contribution >= 4 is 11.6 Å². The van der Waals surface area contributed by atoms with Gasteiger partial charge in [-0.05, 0) is 49.9 Å². The fourth-order valence-electron chi connectivity index (χ4n) is 3.93. The van der Waals surface area contributed by atoms with Gasteiger partial charge in [-0.1, -0.05) is 30.3 Å². The van der Waals surface area contributed by atoms with Crippen molar-refractivity contribution in [2.45, 2.75) is 39.7 Å². The summed E-state index contributed by atoms with van der Waals surface area (Å²) in [4.78, 5) is 19.9. The topological polar surface area (TPSA) is 37.6 Å². The molecule has 1 unspecified atom stereocenters. The number of hydrogen-bond donors (Lipinski definition) is 0. The lowest BCUT2D eigenvalue weighted by molar-refractivity contribution is -0.136. The van der Waals surface area contributed by atoms with E-state index in [9.17, 15) is 4.79 Å². The summed E-state index contributed by atoms with van der Waals surface area (Å²) in [6.45, 7) is 5.57. The summed E-state index contributed by atoms with van der Waals surface area (Å²) < 4.78 is 2.16. The molecule has 134 valence electrons. The standard InChI is InChI=1S/C22H25N3O/c1-3-24(15-17-7-5-4-6-8-17)22(26)18-9-10-19-20(14-18)25-12-11-16(2)13-21(25)23-19/h4-8,11-13,18H,3,9-10,14-15H2,1-2H3. The highest BCUT2D eigenvalue weighted by Crippen LogP contribution is 2.28. The van der Waals surface area contributed by atoms with Crippen molar-refractivity contribution in [2.24, 2.45) is 5.92 Å². The molecule has 0 fully saturated rings. The highest BCUT2D eigenvalue weighted by atomic mass is 16.2. The number of pyridine rings is 1. The number of amides is 1. The van der Waals surface area contributed by atoms with E-state index in [0.717, 1.165) is 37.1 Å². The molecular formula is C22H25N3O. The van der Waals surface area contributed by atoms with E-state index in [4.69, 9.17) is 4.98 Å². The van der Waals surface area contributed by atoms with Gasteiger partial charge in [0.25, 0.3) is 0 Å². The maximum absolute atomic E-state index is 13.2. The van der Waals surface area contributed by atoms with Gasteiger partial charge in [-0.3, -0.25) is 4.79 Å². The fraction of sp³-hybridized carbons (Fsp3) is 0.364. The van der Waals surface area contributed by atoms with Gasteiger partial charge in [0.1, 0.15) is 5.65 Å². The molecule has 0 bridgehead atoms. The Hall–Kier alpha value is -2.62. The Kier molecular flexibility index (Phi) is 4.49. The Bertz CT molecular complexity index is 929. The van der Waals surface area contributed by atoms with Gasteiger partial charge < -0.3 is 9.30 Å². The molecule has 1 amide bonds. The average molecular weight is 347 g/mol. The Morgan fingerprint density at radius 1 is 1.27 bits per heavy atom. The third-order valence-corrected chi connectivity index (χ3v) is 5.39. The Morgan fingerprint density at radius 2 is 2.08 bits per heavy atom. The van der Waals surface area contributed by atoms with E-state index in [2.05, 4.69) is 48.7 Å². The van der Waals surface area contributed by atoms with E-state index in [-0.39, 0.29) is 11.8 Å². The molecule has 3 aromatic rings. The van der Waals surface area contributed by atoms with Crippen LogP contribution in [0.3, 0.4) is 0 Å². The highest BCUT2D eigenvalue weighted by Gasteiger charge is 2.30. The van der Waals surface area contributed by atoms with Crippen LogP contribution in [0, 0.1) is 12.8 Å². The molecule has 0 saturated carbocycles. The van der Waals surface area contributed by atoms with E-state index >= 15 is 0 Å². The van der Waals surface area contributed by atoms with Crippen LogP contribution in [0.25, 0.3) is 5.65 Å². The van der Waals surface area contributed by atoms with Crippen molar-refractivity contribution in [3.05, 3.63) is 71.2 Å². The largest absolute Gasteiger partial charge is 0.338 e. The van der Waals surface area contributed by atoms with Crippen LogP contribution in [0.15, 0.2) is 48.7 Å². The van der Waals surface area contributed by atoms with Gasteiger partial charge in [0.05, 0.1) is 5.69 Å². The van der Waals surface area contributed by atoms with Crippen molar-refractivity contribution in [3.8, 4) is 0 Å². The molecular weight excluding hydrogens is 322 g/mol. The molecule has 0 N–H and O–H groups in total. The zero-order valence-corrected chi connectivity index (χ0v) is 15.5. The SMILES string of the molecule is CCN(Cc1ccccc1)C(=O)C1CCc2nc3cc(C)ccn3c2C1. The first-order valence-corrected chi connectivity index (χ1v) is 9.45. The minimum Gasteiger partial charge on any atom is -0.338 e.